The summed E-state index contributed by atoms with van der Waals surface area (Å²) < 4.78 is 41.2. The first-order chi connectivity index (χ1) is 12.3. The van der Waals surface area contributed by atoms with Crippen LogP contribution in [0.25, 0.3) is 0 Å². The largest absolute Gasteiger partial charge is 0.392 e. The highest BCUT2D eigenvalue weighted by molar-refractivity contribution is 5.76. The van der Waals surface area contributed by atoms with Crippen LogP contribution in [-0.4, -0.2) is 43.2 Å². The molecule has 1 N–H and O–H groups in total. The van der Waals surface area contributed by atoms with Crippen LogP contribution in [0, 0.1) is 23.7 Å². The number of halogens is 3. The van der Waals surface area contributed by atoms with E-state index < -0.39 is 30.3 Å². The summed E-state index contributed by atoms with van der Waals surface area (Å²) >= 11 is 0. The highest BCUT2D eigenvalue weighted by atomic mass is 19.4. The lowest BCUT2D eigenvalue weighted by Gasteiger charge is -2.35. The zero-order valence-electron chi connectivity index (χ0n) is 15.6. The lowest BCUT2D eigenvalue weighted by Crippen LogP contribution is -2.40. The van der Waals surface area contributed by atoms with Crippen LogP contribution in [0.15, 0.2) is 12.2 Å². The number of amides is 1. The first-order valence-electron chi connectivity index (χ1n) is 10.0. The molecule has 0 heterocycles. The Morgan fingerprint density at radius 1 is 1.23 bits per heavy atom. The van der Waals surface area contributed by atoms with Gasteiger partial charge in [0.15, 0.2) is 0 Å². The Bertz CT molecular complexity index is 512. The minimum absolute atomic E-state index is 0.0629. The van der Waals surface area contributed by atoms with E-state index >= 15 is 0 Å². The summed E-state index contributed by atoms with van der Waals surface area (Å²) in [6.07, 6.45) is 6.04. The van der Waals surface area contributed by atoms with E-state index in [1.54, 1.807) is 6.08 Å². The van der Waals surface area contributed by atoms with E-state index in [-0.39, 0.29) is 5.92 Å². The van der Waals surface area contributed by atoms with Gasteiger partial charge in [0.1, 0.15) is 0 Å². The molecule has 3 unspecified atom stereocenters. The first kappa shape index (κ1) is 19.7. The van der Waals surface area contributed by atoms with Crippen LogP contribution in [0.2, 0.25) is 0 Å². The molecule has 26 heavy (non-hydrogen) atoms. The van der Waals surface area contributed by atoms with E-state index in [0.29, 0.717) is 25.0 Å². The van der Waals surface area contributed by atoms with Crippen LogP contribution >= 0.6 is 0 Å². The molecule has 3 aliphatic rings. The quantitative estimate of drug-likeness (QED) is 0.617. The van der Waals surface area contributed by atoms with Crippen molar-refractivity contribution in [2.45, 2.75) is 63.6 Å². The van der Waals surface area contributed by atoms with Crippen molar-refractivity contribution in [2.24, 2.45) is 23.7 Å². The Balaban J connectivity index is 1.54. The number of carbonyl (C=O) groups excluding carboxylic acids is 1. The van der Waals surface area contributed by atoms with E-state index in [9.17, 15) is 18.0 Å². The van der Waals surface area contributed by atoms with Crippen LogP contribution in [0.4, 0.5) is 13.2 Å². The molecule has 148 valence electrons. The summed E-state index contributed by atoms with van der Waals surface area (Å²) in [5.74, 6) is -1.92. The maximum atomic E-state index is 13.7. The number of alkyl halides is 3. The van der Waals surface area contributed by atoms with E-state index in [2.05, 4.69) is 10.2 Å². The fourth-order valence-corrected chi connectivity index (χ4v) is 4.24. The number of likely N-dealkylation sites (N-methyl/N-ethyl adjacent to an activating group) is 1. The maximum absolute atomic E-state index is 13.7. The van der Waals surface area contributed by atoms with Gasteiger partial charge in [-0.2, -0.15) is 13.2 Å². The molecule has 3 rings (SSSR count). The summed E-state index contributed by atoms with van der Waals surface area (Å²) in [7, 11) is 2.00. The monoisotopic (exact) mass is 372 g/mol. The number of rotatable bonds is 9. The van der Waals surface area contributed by atoms with Crippen molar-refractivity contribution >= 4 is 5.91 Å². The van der Waals surface area contributed by atoms with Gasteiger partial charge in [-0.05, 0) is 56.9 Å². The summed E-state index contributed by atoms with van der Waals surface area (Å²) in [6, 6.07) is 0.588. The third-order valence-corrected chi connectivity index (χ3v) is 6.19. The van der Waals surface area contributed by atoms with Crippen LogP contribution in [0.5, 0.6) is 0 Å². The Hall–Kier alpha value is -1.04. The second-order valence-electron chi connectivity index (χ2n) is 8.44. The molecule has 0 aromatic heterocycles. The van der Waals surface area contributed by atoms with E-state index in [1.807, 2.05) is 13.1 Å². The number of allylic oxidation sites excluding steroid dienone is 2. The molecule has 0 bridgehead atoms. The number of carbonyl (C=O) groups is 1. The Morgan fingerprint density at radius 2 is 1.96 bits per heavy atom. The summed E-state index contributed by atoms with van der Waals surface area (Å²) in [5.41, 5.74) is 0. The summed E-state index contributed by atoms with van der Waals surface area (Å²) in [6.45, 7) is 1.11. The average molecular weight is 372 g/mol. The van der Waals surface area contributed by atoms with Crippen LogP contribution in [0.3, 0.4) is 0 Å². The Labute approximate surface area is 154 Å². The zero-order chi connectivity index (χ0) is 18.7. The predicted octanol–water partition coefficient (Wildman–Crippen LogP) is 4.15. The summed E-state index contributed by atoms with van der Waals surface area (Å²) in [5, 5.41) is 2.70. The van der Waals surface area contributed by atoms with Crippen molar-refractivity contribution in [3.8, 4) is 0 Å². The highest BCUT2D eigenvalue weighted by Crippen LogP contribution is 2.47. The number of nitrogens with one attached hydrogen (secondary N) is 1. The van der Waals surface area contributed by atoms with Gasteiger partial charge in [-0.25, -0.2) is 0 Å². The molecule has 2 saturated carbocycles. The van der Waals surface area contributed by atoms with Crippen molar-refractivity contribution in [1.82, 2.24) is 10.2 Å². The molecule has 0 aromatic carbocycles. The van der Waals surface area contributed by atoms with Crippen molar-refractivity contribution in [2.75, 3.05) is 20.1 Å². The molecular weight excluding hydrogens is 341 g/mol. The zero-order valence-corrected chi connectivity index (χ0v) is 15.6. The van der Waals surface area contributed by atoms with Crippen molar-refractivity contribution < 1.29 is 18.0 Å². The molecular formula is C20H31F3N2O. The number of hydrogen-bond donors (Lipinski definition) is 1. The fourth-order valence-electron chi connectivity index (χ4n) is 4.24. The molecule has 3 atom stereocenters. The molecule has 1 amide bonds. The average Bonchev–Trinajstić information content (AvgIpc) is 3.45. The van der Waals surface area contributed by atoms with E-state index in [4.69, 9.17) is 0 Å². The SMILES string of the molecule is CN(CCNC(=O)CC(C1C=CCCC1CC1CC1)C(F)(F)F)C1CC1. The number of nitrogens with zero attached hydrogens (tertiary/aromatic N) is 1. The van der Waals surface area contributed by atoms with Gasteiger partial charge < -0.3 is 10.2 Å². The maximum Gasteiger partial charge on any atom is 0.392 e. The fraction of sp³-hybridized carbons (Fsp3) is 0.850. The lowest BCUT2D eigenvalue weighted by atomic mass is 9.72. The van der Waals surface area contributed by atoms with Crippen molar-refractivity contribution in [1.29, 1.82) is 0 Å². The van der Waals surface area contributed by atoms with Gasteiger partial charge in [0, 0.05) is 25.6 Å². The molecule has 3 nitrogen and oxygen atoms in total. The van der Waals surface area contributed by atoms with Gasteiger partial charge in [0.05, 0.1) is 5.92 Å². The molecule has 2 fully saturated rings. The van der Waals surface area contributed by atoms with Crippen LogP contribution < -0.4 is 5.32 Å². The minimum atomic E-state index is -4.34. The van der Waals surface area contributed by atoms with Crippen molar-refractivity contribution in [3.05, 3.63) is 12.2 Å². The third kappa shape index (κ3) is 5.73. The van der Waals surface area contributed by atoms with E-state index in [1.165, 1.54) is 12.8 Å². The molecule has 0 spiro atoms. The minimum Gasteiger partial charge on any atom is -0.355 e. The van der Waals surface area contributed by atoms with E-state index in [0.717, 1.165) is 32.1 Å². The lowest BCUT2D eigenvalue weighted by molar-refractivity contribution is -0.193. The number of hydrogen-bond acceptors (Lipinski definition) is 2. The smallest absolute Gasteiger partial charge is 0.355 e. The topological polar surface area (TPSA) is 32.3 Å². The van der Waals surface area contributed by atoms with Crippen molar-refractivity contribution in [3.63, 3.8) is 0 Å². The van der Waals surface area contributed by atoms with Gasteiger partial charge >= 0.3 is 6.18 Å². The van der Waals surface area contributed by atoms with Gasteiger partial charge in [-0.1, -0.05) is 25.0 Å². The standard InChI is InChI=1S/C20H31F3N2O/c1-25(16-8-9-16)11-10-24-19(26)13-18(20(21,22)23)17-5-3-2-4-15(17)12-14-6-7-14/h3,5,14-18H,2,4,6-13H2,1H3,(H,24,26). The highest BCUT2D eigenvalue weighted by Gasteiger charge is 2.48. The third-order valence-electron chi connectivity index (χ3n) is 6.19. The Morgan fingerprint density at radius 3 is 2.58 bits per heavy atom. The first-order valence-corrected chi connectivity index (χ1v) is 10.0. The second-order valence-corrected chi connectivity index (χ2v) is 8.44. The second kappa shape index (κ2) is 8.32. The van der Waals surface area contributed by atoms with Crippen LogP contribution in [-0.2, 0) is 4.79 Å². The molecule has 0 radical (unpaired) electrons. The Kier molecular flexibility index (Phi) is 6.31. The van der Waals surface area contributed by atoms with Crippen LogP contribution in [0.1, 0.15) is 51.4 Å². The molecule has 3 aliphatic carbocycles. The molecule has 0 saturated heterocycles. The normalized spacial score (nSPS) is 27.6. The molecule has 0 aromatic rings. The van der Waals surface area contributed by atoms with Gasteiger partial charge in [-0.3, -0.25) is 4.79 Å². The van der Waals surface area contributed by atoms with Gasteiger partial charge in [0.2, 0.25) is 5.91 Å². The molecule has 0 aliphatic heterocycles. The predicted molar refractivity (Wildman–Crippen MR) is 95.5 cm³/mol. The summed E-state index contributed by atoms with van der Waals surface area (Å²) in [4.78, 5) is 14.4. The van der Waals surface area contributed by atoms with Gasteiger partial charge in [0.25, 0.3) is 0 Å². The molecule has 6 heteroatoms. The van der Waals surface area contributed by atoms with Gasteiger partial charge in [-0.15, -0.1) is 0 Å².